The molecule has 0 fully saturated rings. The van der Waals surface area contributed by atoms with Gasteiger partial charge >= 0.3 is 19.5 Å². The van der Waals surface area contributed by atoms with E-state index in [1.807, 2.05) is 0 Å². The third kappa shape index (κ3) is 42.8. The molecule has 0 bridgehead atoms. The van der Waals surface area contributed by atoms with Crippen molar-refractivity contribution in [3.05, 3.63) is 12.7 Å². The Bertz CT molecular complexity index is 136. The Kier molecular flexibility index (Phi) is 18.9. The van der Waals surface area contributed by atoms with Gasteiger partial charge in [0.2, 0.25) is 0 Å². The number of hydrogen-bond acceptors (Lipinski definition) is 4. The van der Waals surface area contributed by atoms with E-state index in [-0.39, 0.29) is 19.5 Å². The van der Waals surface area contributed by atoms with Crippen LogP contribution in [0.4, 0.5) is 0 Å². The largest absolute Gasteiger partial charge is 2.00 e. The van der Waals surface area contributed by atoms with Gasteiger partial charge in [-0.05, 0) is 6.08 Å². The van der Waals surface area contributed by atoms with Gasteiger partial charge in [0.15, 0.2) is 0 Å². The number of carboxylic acids is 2. The van der Waals surface area contributed by atoms with Gasteiger partial charge in [-0.1, -0.05) is 6.58 Å². The SMILES string of the molecule is C=CC(=O)[O-].O=C([O-])CCl.[Zn+2]. The molecule has 11 heavy (non-hydrogen) atoms. The summed E-state index contributed by atoms with van der Waals surface area (Å²) in [6, 6.07) is 0. The molecule has 0 N–H and O–H groups in total. The van der Waals surface area contributed by atoms with Crippen LogP contribution in [0.15, 0.2) is 12.7 Å². The molecule has 0 rings (SSSR count). The average molecular weight is 230 g/mol. The molecule has 0 saturated heterocycles. The van der Waals surface area contributed by atoms with Gasteiger partial charge in [0.1, 0.15) is 0 Å². The number of rotatable bonds is 2. The molecule has 0 saturated carbocycles. The molecule has 4 nitrogen and oxygen atoms in total. The number of carbonyl (C=O) groups excluding carboxylic acids is 2. The van der Waals surface area contributed by atoms with Crippen molar-refractivity contribution in [2.75, 3.05) is 5.88 Å². The zero-order valence-corrected chi connectivity index (χ0v) is 9.43. The van der Waals surface area contributed by atoms with Crippen LogP contribution in [0.5, 0.6) is 0 Å². The van der Waals surface area contributed by atoms with Crippen molar-refractivity contribution in [3.8, 4) is 0 Å². The number of carbonyl (C=O) groups is 2. The van der Waals surface area contributed by atoms with Gasteiger partial charge in [-0.15, -0.1) is 11.6 Å². The first-order valence-corrected chi connectivity index (χ1v) is 2.67. The summed E-state index contributed by atoms with van der Waals surface area (Å²) in [5, 5.41) is 18.3. The fraction of sp³-hybridized carbons (Fsp3) is 0.200. The second kappa shape index (κ2) is 12.3. The summed E-state index contributed by atoms with van der Waals surface area (Å²) in [6.07, 6.45) is 0.722. The van der Waals surface area contributed by atoms with Gasteiger partial charge < -0.3 is 19.8 Å². The van der Waals surface area contributed by atoms with Crippen LogP contribution in [-0.4, -0.2) is 17.8 Å². The van der Waals surface area contributed by atoms with Gasteiger partial charge in [0.05, 0.1) is 17.8 Å². The van der Waals surface area contributed by atoms with Crippen molar-refractivity contribution >= 4 is 23.5 Å². The van der Waals surface area contributed by atoms with Crippen LogP contribution >= 0.6 is 11.6 Å². The summed E-state index contributed by atoms with van der Waals surface area (Å²) in [4.78, 5) is 18.3. The van der Waals surface area contributed by atoms with Crippen molar-refractivity contribution in [1.82, 2.24) is 0 Å². The first kappa shape index (κ1) is 16.9. The van der Waals surface area contributed by atoms with Crippen LogP contribution in [0.2, 0.25) is 0 Å². The molecule has 0 aliphatic heterocycles. The fourth-order valence-electron chi connectivity index (χ4n) is 0. The van der Waals surface area contributed by atoms with Gasteiger partial charge in [-0.2, -0.15) is 0 Å². The van der Waals surface area contributed by atoms with Crippen LogP contribution in [0.1, 0.15) is 0 Å². The van der Waals surface area contributed by atoms with E-state index < -0.39 is 17.8 Å². The molecular weight excluding hydrogens is 225 g/mol. The summed E-state index contributed by atoms with van der Waals surface area (Å²) in [5.41, 5.74) is 0. The Morgan fingerprint density at radius 3 is 1.64 bits per heavy atom. The van der Waals surface area contributed by atoms with Crippen molar-refractivity contribution in [2.45, 2.75) is 0 Å². The average Bonchev–Trinajstić information content (AvgIpc) is 1.89. The number of aliphatic carboxylic acids is 2. The molecule has 0 aromatic heterocycles. The van der Waals surface area contributed by atoms with E-state index in [1.165, 1.54) is 0 Å². The fourth-order valence-corrected chi connectivity index (χ4v) is 0. The van der Waals surface area contributed by atoms with Gasteiger partial charge in [-0.25, -0.2) is 0 Å². The van der Waals surface area contributed by atoms with Gasteiger partial charge in [0, 0.05) is 0 Å². The second-order valence-corrected chi connectivity index (χ2v) is 1.30. The quantitative estimate of drug-likeness (QED) is 0.309. The minimum absolute atomic E-state index is 0. The predicted molar refractivity (Wildman–Crippen MR) is 30.9 cm³/mol. The number of carboxylic acid groups (broad SMARTS) is 2. The third-order valence-electron chi connectivity index (χ3n) is 0.276. The molecule has 0 aromatic carbocycles. The molecule has 58 valence electrons. The van der Waals surface area contributed by atoms with E-state index in [4.69, 9.17) is 19.8 Å². The maximum atomic E-state index is 9.14. The van der Waals surface area contributed by atoms with E-state index in [2.05, 4.69) is 18.2 Å². The molecule has 0 spiro atoms. The Morgan fingerprint density at radius 2 is 1.64 bits per heavy atom. The predicted octanol–water partition coefficient (Wildman–Crippen LogP) is -2.11. The zero-order valence-electron chi connectivity index (χ0n) is 5.71. The van der Waals surface area contributed by atoms with Gasteiger partial charge in [-0.3, -0.25) is 0 Å². The molecular formula is C5H5ClO4Zn. The Hall–Kier alpha value is -0.407. The number of alkyl halides is 1. The second-order valence-electron chi connectivity index (χ2n) is 1.03. The normalized spacial score (nSPS) is 6.27. The van der Waals surface area contributed by atoms with E-state index in [9.17, 15) is 0 Å². The standard InChI is InChI=1S/C3H4O2.C2H3ClO2.Zn/c1-2-3(4)5;3-1-2(4)5;/h2H,1H2,(H,4,5);1H2,(H,4,5);/q;;+2/p-2. The van der Waals surface area contributed by atoms with Crippen molar-refractivity contribution in [3.63, 3.8) is 0 Å². The van der Waals surface area contributed by atoms with E-state index in [1.54, 1.807) is 0 Å². The number of halogens is 1. The van der Waals surface area contributed by atoms with Gasteiger partial charge in [0.25, 0.3) is 0 Å². The Labute approximate surface area is 81.6 Å². The topological polar surface area (TPSA) is 80.3 Å². The monoisotopic (exact) mass is 228 g/mol. The molecule has 0 amide bonds. The van der Waals surface area contributed by atoms with E-state index in [0.29, 0.717) is 0 Å². The van der Waals surface area contributed by atoms with E-state index >= 15 is 0 Å². The molecule has 0 aliphatic rings. The minimum atomic E-state index is -1.23. The van der Waals surface area contributed by atoms with Crippen molar-refractivity contribution in [1.29, 1.82) is 0 Å². The maximum Gasteiger partial charge on any atom is 2.00 e. The van der Waals surface area contributed by atoms with Crippen molar-refractivity contribution in [2.24, 2.45) is 0 Å². The molecule has 6 heteroatoms. The minimum Gasteiger partial charge on any atom is -0.549 e. The smallest absolute Gasteiger partial charge is 0.549 e. The summed E-state index contributed by atoms with van der Waals surface area (Å²) in [7, 11) is 0. The molecule has 0 unspecified atom stereocenters. The maximum absolute atomic E-state index is 9.14. The van der Waals surface area contributed by atoms with E-state index in [0.717, 1.165) is 6.08 Å². The molecule has 0 heterocycles. The van der Waals surface area contributed by atoms with Crippen LogP contribution in [0.3, 0.4) is 0 Å². The Balaban J connectivity index is -0.000000107. The molecule has 0 radical (unpaired) electrons. The van der Waals surface area contributed by atoms with Crippen LogP contribution < -0.4 is 10.2 Å². The third-order valence-corrected chi connectivity index (χ3v) is 0.494. The number of hydrogen-bond donors (Lipinski definition) is 0. The molecule has 0 aromatic rings. The van der Waals surface area contributed by atoms with Crippen LogP contribution in [0, 0.1) is 0 Å². The summed E-state index contributed by atoms with van der Waals surface area (Å²) in [6.45, 7) is 2.90. The first-order valence-electron chi connectivity index (χ1n) is 2.13. The molecule has 0 aliphatic carbocycles. The van der Waals surface area contributed by atoms with Crippen LogP contribution in [-0.2, 0) is 29.1 Å². The Morgan fingerprint density at radius 1 is 1.45 bits per heavy atom. The van der Waals surface area contributed by atoms with Crippen LogP contribution in [0.25, 0.3) is 0 Å². The zero-order chi connectivity index (χ0) is 8.57. The summed E-state index contributed by atoms with van der Waals surface area (Å²) < 4.78 is 0. The first-order chi connectivity index (χ1) is 4.54. The summed E-state index contributed by atoms with van der Waals surface area (Å²) >= 11 is 4.67. The molecule has 0 atom stereocenters. The van der Waals surface area contributed by atoms with Crippen molar-refractivity contribution < 1.29 is 39.3 Å². The summed E-state index contributed by atoms with van der Waals surface area (Å²) in [5.74, 6) is -2.88.